The highest BCUT2D eigenvalue weighted by Crippen LogP contribution is 2.46. The molecule has 2 atom stereocenters. The van der Waals surface area contributed by atoms with Crippen molar-refractivity contribution in [2.24, 2.45) is 17.3 Å². The summed E-state index contributed by atoms with van der Waals surface area (Å²) < 4.78 is 0. The summed E-state index contributed by atoms with van der Waals surface area (Å²) in [6.45, 7) is 10.7. The van der Waals surface area contributed by atoms with Crippen LogP contribution in [0.5, 0.6) is 0 Å². The molecule has 0 heterocycles. The molecule has 1 aliphatic rings. The Morgan fingerprint density at radius 1 is 1.50 bits per heavy atom. The monoisotopic (exact) mass is 222 g/mol. The van der Waals surface area contributed by atoms with E-state index in [-0.39, 0.29) is 5.78 Å². The normalized spacial score (nSPS) is 28.7. The third-order valence-electron chi connectivity index (χ3n) is 4.34. The summed E-state index contributed by atoms with van der Waals surface area (Å²) in [6.07, 6.45) is 8.45. The first kappa shape index (κ1) is 13.5. The first-order chi connectivity index (χ1) is 7.47. The molecule has 1 heteroatoms. The van der Waals surface area contributed by atoms with Crippen molar-refractivity contribution in [3.63, 3.8) is 0 Å². The summed E-state index contributed by atoms with van der Waals surface area (Å²) in [6, 6.07) is 0. The Hall–Kier alpha value is -0.590. The van der Waals surface area contributed by atoms with E-state index in [1.165, 1.54) is 31.8 Å². The molecular formula is C15H26O. The van der Waals surface area contributed by atoms with Crippen molar-refractivity contribution in [1.29, 1.82) is 0 Å². The summed E-state index contributed by atoms with van der Waals surface area (Å²) in [4.78, 5) is 11.2. The molecule has 2 unspecified atom stereocenters. The van der Waals surface area contributed by atoms with E-state index >= 15 is 0 Å². The van der Waals surface area contributed by atoms with Gasteiger partial charge in [-0.2, -0.15) is 0 Å². The van der Waals surface area contributed by atoms with Gasteiger partial charge in [0, 0.05) is 6.42 Å². The van der Waals surface area contributed by atoms with Gasteiger partial charge in [-0.05, 0) is 42.6 Å². The van der Waals surface area contributed by atoms with Gasteiger partial charge >= 0.3 is 0 Å². The van der Waals surface area contributed by atoms with Crippen molar-refractivity contribution in [2.45, 2.75) is 59.3 Å². The second-order valence-corrected chi connectivity index (χ2v) is 6.03. The quantitative estimate of drug-likeness (QED) is 0.631. The van der Waals surface area contributed by atoms with E-state index in [0.29, 0.717) is 11.8 Å². The molecule has 1 aliphatic carbocycles. The van der Waals surface area contributed by atoms with Crippen LogP contribution in [0.15, 0.2) is 12.7 Å². The van der Waals surface area contributed by atoms with Gasteiger partial charge < -0.3 is 0 Å². The summed E-state index contributed by atoms with van der Waals surface area (Å²) in [5.74, 6) is 1.81. The minimum Gasteiger partial charge on any atom is -0.295 e. The molecule has 0 aromatic heterocycles. The maximum absolute atomic E-state index is 11.2. The van der Waals surface area contributed by atoms with Crippen LogP contribution < -0.4 is 0 Å². The molecule has 1 saturated carbocycles. The molecule has 1 rings (SSSR count). The lowest BCUT2D eigenvalue weighted by Crippen LogP contribution is -2.33. The van der Waals surface area contributed by atoms with Crippen LogP contribution in [0.4, 0.5) is 0 Å². The van der Waals surface area contributed by atoms with Gasteiger partial charge in [-0.15, -0.1) is 0 Å². The fraction of sp³-hybridized carbons (Fsp3) is 0.800. The lowest BCUT2D eigenvalue weighted by atomic mass is 9.62. The van der Waals surface area contributed by atoms with Gasteiger partial charge in [0.25, 0.3) is 0 Å². The van der Waals surface area contributed by atoms with Gasteiger partial charge in [0.05, 0.1) is 0 Å². The lowest BCUT2D eigenvalue weighted by Gasteiger charge is -2.43. The van der Waals surface area contributed by atoms with E-state index in [4.69, 9.17) is 0 Å². The molecule has 0 radical (unpaired) electrons. The molecule has 0 bridgehead atoms. The number of hydrogen-bond acceptors (Lipinski definition) is 1. The smallest absolute Gasteiger partial charge is 0.155 e. The maximum Gasteiger partial charge on any atom is 0.155 e. The highest BCUT2D eigenvalue weighted by molar-refractivity contribution is 5.88. The molecule has 16 heavy (non-hydrogen) atoms. The van der Waals surface area contributed by atoms with Crippen LogP contribution in [-0.4, -0.2) is 5.78 Å². The van der Waals surface area contributed by atoms with Crippen LogP contribution in [0.2, 0.25) is 0 Å². The largest absolute Gasteiger partial charge is 0.295 e. The van der Waals surface area contributed by atoms with Crippen molar-refractivity contribution in [2.75, 3.05) is 0 Å². The minimum atomic E-state index is 0.196. The van der Waals surface area contributed by atoms with Gasteiger partial charge in [-0.1, -0.05) is 40.2 Å². The van der Waals surface area contributed by atoms with E-state index < -0.39 is 0 Å². The average Bonchev–Trinajstić information content (AvgIpc) is 2.21. The standard InChI is InChI=1S/C15H26O/c1-5-13(16)9-6-10-14-12(2)8-7-11-15(14,3)4/h5,12,14H,1,6-11H2,2-4H3. The predicted molar refractivity (Wildman–Crippen MR) is 69.3 cm³/mol. The van der Waals surface area contributed by atoms with Crippen LogP contribution in [0, 0.1) is 17.3 Å². The SMILES string of the molecule is C=CC(=O)CCCC1C(C)CCCC1(C)C. The number of allylic oxidation sites excluding steroid dienone is 1. The van der Waals surface area contributed by atoms with Crippen LogP contribution in [0.3, 0.4) is 0 Å². The molecule has 0 aromatic rings. The van der Waals surface area contributed by atoms with Gasteiger partial charge in [0.2, 0.25) is 0 Å². The van der Waals surface area contributed by atoms with Gasteiger partial charge in [-0.3, -0.25) is 4.79 Å². The van der Waals surface area contributed by atoms with Crippen LogP contribution >= 0.6 is 0 Å². The molecule has 0 N–H and O–H groups in total. The summed E-state index contributed by atoms with van der Waals surface area (Å²) in [5, 5.41) is 0. The summed E-state index contributed by atoms with van der Waals surface area (Å²) >= 11 is 0. The number of carbonyl (C=O) groups excluding carboxylic acids is 1. The third-order valence-corrected chi connectivity index (χ3v) is 4.34. The van der Waals surface area contributed by atoms with E-state index in [2.05, 4.69) is 27.4 Å². The Morgan fingerprint density at radius 3 is 2.75 bits per heavy atom. The van der Waals surface area contributed by atoms with Crippen molar-refractivity contribution in [3.05, 3.63) is 12.7 Å². The van der Waals surface area contributed by atoms with Crippen LogP contribution in [0.1, 0.15) is 59.3 Å². The molecule has 0 saturated heterocycles. The molecule has 0 spiro atoms. The molecule has 1 nitrogen and oxygen atoms in total. The Labute approximate surface area is 100 Å². The average molecular weight is 222 g/mol. The Morgan fingerprint density at radius 2 is 2.19 bits per heavy atom. The minimum absolute atomic E-state index is 0.196. The van der Waals surface area contributed by atoms with Crippen molar-refractivity contribution < 1.29 is 4.79 Å². The first-order valence-corrected chi connectivity index (χ1v) is 6.62. The summed E-state index contributed by atoms with van der Waals surface area (Å²) in [5.41, 5.74) is 0.467. The number of ketones is 1. The second-order valence-electron chi connectivity index (χ2n) is 6.03. The molecule has 0 amide bonds. The first-order valence-electron chi connectivity index (χ1n) is 6.62. The summed E-state index contributed by atoms with van der Waals surface area (Å²) in [7, 11) is 0. The van der Waals surface area contributed by atoms with Gasteiger partial charge in [0.15, 0.2) is 5.78 Å². The molecule has 92 valence electrons. The number of rotatable bonds is 5. The van der Waals surface area contributed by atoms with Crippen LogP contribution in [-0.2, 0) is 4.79 Å². The van der Waals surface area contributed by atoms with Crippen molar-refractivity contribution >= 4 is 5.78 Å². The van der Waals surface area contributed by atoms with Gasteiger partial charge in [-0.25, -0.2) is 0 Å². The number of hydrogen-bond donors (Lipinski definition) is 0. The van der Waals surface area contributed by atoms with E-state index in [1.54, 1.807) is 0 Å². The maximum atomic E-state index is 11.2. The van der Waals surface area contributed by atoms with Crippen LogP contribution in [0.25, 0.3) is 0 Å². The zero-order valence-corrected chi connectivity index (χ0v) is 11.1. The molecule has 0 aromatic carbocycles. The predicted octanol–water partition coefficient (Wildman–Crippen LogP) is 4.37. The fourth-order valence-electron chi connectivity index (χ4n) is 3.31. The Balaban J connectivity index is 2.43. The Kier molecular flexibility index (Phi) is 4.76. The zero-order chi connectivity index (χ0) is 12.2. The topological polar surface area (TPSA) is 17.1 Å². The van der Waals surface area contributed by atoms with E-state index in [9.17, 15) is 4.79 Å². The zero-order valence-electron chi connectivity index (χ0n) is 11.1. The Bertz CT molecular complexity index is 252. The fourth-order valence-corrected chi connectivity index (χ4v) is 3.31. The third kappa shape index (κ3) is 3.47. The van der Waals surface area contributed by atoms with E-state index in [0.717, 1.165) is 18.3 Å². The molecule has 0 aliphatic heterocycles. The highest BCUT2D eigenvalue weighted by atomic mass is 16.1. The molecular weight excluding hydrogens is 196 g/mol. The lowest BCUT2D eigenvalue weighted by molar-refractivity contribution is -0.114. The van der Waals surface area contributed by atoms with Gasteiger partial charge in [0.1, 0.15) is 0 Å². The van der Waals surface area contributed by atoms with Crippen molar-refractivity contribution in [1.82, 2.24) is 0 Å². The number of carbonyl (C=O) groups is 1. The van der Waals surface area contributed by atoms with E-state index in [1.807, 2.05) is 0 Å². The van der Waals surface area contributed by atoms with Crippen molar-refractivity contribution in [3.8, 4) is 0 Å². The molecule has 1 fully saturated rings. The second kappa shape index (κ2) is 5.65. The highest BCUT2D eigenvalue weighted by Gasteiger charge is 2.35.